The summed E-state index contributed by atoms with van der Waals surface area (Å²) >= 11 is 0. The largest absolute Gasteiger partial charge is 0.325 e. The number of fused-ring (bicyclic) bond motifs is 1. The SMILES string of the molecule is CC1(c2ccc(F)cc2)C(=O)Nc2ccc(F)c(F)c21. The number of halogens is 3. The van der Waals surface area contributed by atoms with Gasteiger partial charge in [-0.15, -0.1) is 0 Å². The van der Waals surface area contributed by atoms with Gasteiger partial charge >= 0.3 is 0 Å². The van der Waals surface area contributed by atoms with E-state index in [1.54, 1.807) is 0 Å². The van der Waals surface area contributed by atoms with Crippen LogP contribution in [-0.2, 0) is 10.2 Å². The molecule has 0 aromatic heterocycles. The van der Waals surface area contributed by atoms with Crippen molar-refractivity contribution >= 4 is 11.6 Å². The zero-order valence-electron chi connectivity index (χ0n) is 10.5. The number of anilines is 1. The summed E-state index contributed by atoms with van der Waals surface area (Å²) in [4.78, 5) is 12.2. The Labute approximate surface area is 113 Å². The van der Waals surface area contributed by atoms with Crippen molar-refractivity contribution in [3.63, 3.8) is 0 Å². The van der Waals surface area contributed by atoms with Crippen LogP contribution in [0.2, 0.25) is 0 Å². The van der Waals surface area contributed by atoms with Crippen molar-refractivity contribution in [1.29, 1.82) is 0 Å². The second-order valence-electron chi connectivity index (χ2n) is 4.87. The third-order valence-electron chi connectivity index (χ3n) is 3.72. The van der Waals surface area contributed by atoms with Crippen LogP contribution in [0.4, 0.5) is 18.9 Å². The number of carbonyl (C=O) groups excluding carboxylic acids is 1. The van der Waals surface area contributed by atoms with Crippen molar-refractivity contribution in [2.24, 2.45) is 0 Å². The molecule has 1 atom stereocenters. The molecule has 3 rings (SSSR count). The van der Waals surface area contributed by atoms with Crippen molar-refractivity contribution in [1.82, 2.24) is 0 Å². The van der Waals surface area contributed by atoms with Gasteiger partial charge in [0.2, 0.25) is 5.91 Å². The van der Waals surface area contributed by atoms with E-state index in [1.165, 1.54) is 37.3 Å². The van der Waals surface area contributed by atoms with E-state index in [2.05, 4.69) is 5.32 Å². The smallest absolute Gasteiger partial charge is 0.239 e. The van der Waals surface area contributed by atoms with E-state index in [0.717, 1.165) is 6.07 Å². The van der Waals surface area contributed by atoms with Crippen LogP contribution >= 0.6 is 0 Å². The predicted molar refractivity (Wildman–Crippen MR) is 67.8 cm³/mol. The van der Waals surface area contributed by atoms with Crippen LogP contribution < -0.4 is 5.32 Å². The van der Waals surface area contributed by atoms with Crippen LogP contribution in [0.5, 0.6) is 0 Å². The minimum Gasteiger partial charge on any atom is -0.325 e. The highest BCUT2D eigenvalue weighted by molar-refractivity contribution is 6.08. The maximum Gasteiger partial charge on any atom is 0.239 e. The molecule has 1 unspecified atom stereocenters. The minimum atomic E-state index is -1.38. The number of nitrogens with one attached hydrogen (secondary N) is 1. The molecule has 0 fully saturated rings. The van der Waals surface area contributed by atoms with E-state index in [1.807, 2.05) is 0 Å². The molecule has 20 heavy (non-hydrogen) atoms. The summed E-state index contributed by atoms with van der Waals surface area (Å²) in [6.07, 6.45) is 0. The van der Waals surface area contributed by atoms with E-state index < -0.39 is 28.8 Å². The Hall–Kier alpha value is -2.30. The number of hydrogen-bond donors (Lipinski definition) is 1. The summed E-state index contributed by atoms with van der Waals surface area (Å²) in [6.45, 7) is 1.49. The Morgan fingerprint density at radius 2 is 1.65 bits per heavy atom. The molecular weight excluding hydrogens is 267 g/mol. The molecule has 1 heterocycles. The molecule has 0 saturated heterocycles. The molecule has 2 aromatic carbocycles. The number of rotatable bonds is 1. The first-order valence-corrected chi connectivity index (χ1v) is 6.00. The molecule has 102 valence electrons. The van der Waals surface area contributed by atoms with Gasteiger partial charge < -0.3 is 5.32 Å². The monoisotopic (exact) mass is 277 g/mol. The molecule has 1 N–H and O–H groups in total. The summed E-state index contributed by atoms with van der Waals surface area (Å²) < 4.78 is 40.5. The lowest BCUT2D eigenvalue weighted by Crippen LogP contribution is -2.33. The minimum absolute atomic E-state index is 0.0471. The van der Waals surface area contributed by atoms with E-state index in [0.29, 0.717) is 5.56 Å². The van der Waals surface area contributed by atoms with Gasteiger partial charge in [0.15, 0.2) is 11.6 Å². The highest BCUT2D eigenvalue weighted by atomic mass is 19.2. The Morgan fingerprint density at radius 3 is 2.30 bits per heavy atom. The van der Waals surface area contributed by atoms with Crippen LogP contribution in [0.1, 0.15) is 18.1 Å². The fourth-order valence-corrected chi connectivity index (χ4v) is 2.56. The molecule has 1 aliphatic heterocycles. The third kappa shape index (κ3) is 1.56. The molecule has 1 amide bonds. The highest BCUT2D eigenvalue weighted by Gasteiger charge is 2.47. The van der Waals surface area contributed by atoms with Gasteiger partial charge in [0.1, 0.15) is 11.2 Å². The van der Waals surface area contributed by atoms with Gasteiger partial charge in [-0.25, -0.2) is 13.2 Å². The molecule has 0 spiro atoms. The van der Waals surface area contributed by atoms with Crippen LogP contribution in [0, 0.1) is 17.5 Å². The fraction of sp³-hybridized carbons (Fsp3) is 0.133. The van der Waals surface area contributed by atoms with Gasteiger partial charge in [0, 0.05) is 11.3 Å². The van der Waals surface area contributed by atoms with Gasteiger partial charge in [-0.1, -0.05) is 12.1 Å². The zero-order valence-corrected chi connectivity index (χ0v) is 10.5. The van der Waals surface area contributed by atoms with Gasteiger partial charge in [0.05, 0.1) is 0 Å². The number of amides is 1. The van der Waals surface area contributed by atoms with E-state index >= 15 is 0 Å². The van der Waals surface area contributed by atoms with Crippen LogP contribution in [0.25, 0.3) is 0 Å². The van der Waals surface area contributed by atoms with Crippen LogP contribution in [-0.4, -0.2) is 5.91 Å². The van der Waals surface area contributed by atoms with Gasteiger partial charge in [-0.3, -0.25) is 4.79 Å². The molecule has 2 nitrogen and oxygen atoms in total. The Balaban J connectivity index is 2.27. The molecule has 5 heteroatoms. The van der Waals surface area contributed by atoms with Crippen molar-refractivity contribution in [3.8, 4) is 0 Å². The summed E-state index contributed by atoms with van der Waals surface area (Å²) in [7, 11) is 0. The lowest BCUT2D eigenvalue weighted by Gasteiger charge is -2.23. The van der Waals surface area contributed by atoms with Crippen molar-refractivity contribution < 1.29 is 18.0 Å². The predicted octanol–water partition coefficient (Wildman–Crippen LogP) is 3.36. The van der Waals surface area contributed by atoms with E-state index in [9.17, 15) is 18.0 Å². The lowest BCUT2D eigenvalue weighted by atomic mass is 9.77. The maximum absolute atomic E-state index is 14.1. The summed E-state index contributed by atoms with van der Waals surface area (Å²) in [5.41, 5.74) is -0.788. The topological polar surface area (TPSA) is 29.1 Å². The standard InChI is InChI=1S/C15H10F3NO/c1-15(8-2-4-9(16)5-3-8)12-11(19-14(15)20)7-6-10(17)13(12)18/h2-7H,1H3,(H,19,20). The van der Waals surface area contributed by atoms with Gasteiger partial charge in [0.25, 0.3) is 0 Å². The van der Waals surface area contributed by atoms with Gasteiger partial charge in [-0.2, -0.15) is 0 Å². The Bertz CT molecular complexity index is 712. The lowest BCUT2D eigenvalue weighted by molar-refractivity contribution is -0.119. The van der Waals surface area contributed by atoms with Crippen LogP contribution in [0.3, 0.4) is 0 Å². The summed E-state index contributed by atoms with van der Waals surface area (Å²) in [5, 5.41) is 2.53. The first-order valence-electron chi connectivity index (χ1n) is 6.00. The second kappa shape index (κ2) is 4.10. The average molecular weight is 277 g/mol. The summed E-state index contributed by atoms with van der Waals surface area (Å²) in [6, 6.07) is 7.44. The van der Waals surface area contributed by atoms with Crippen molar-refractivity contribution in [3.05, 3.63) is 65.0 Å². The van der Waals surface area contributed by atoms with E-state index in [-0.39, 0.29) is 11.3 Å². The number of hydrogen-bond acceptors (Lipinski definition) is 1. The normalized spacial score (nSPS) is 20.7. The maximum atomic E-state index is 14.1. The van der Waals surface area contributed by atoms with Crippen molar-refractivity contribution in [2.75, 3.05) is 5.32 Å². The fourth-order valence-electron chi connectivity index (χ4n) is 2.56. The molecule has 2 aromatic rings. The van der Waals surface area contributed by atoms with Crippen molar-refractivity contribution in [2.45, 2.75) is 12.3 Å². The van der Waals surface area contributed by atoms with E-state index in [4.69, 9.17) is 0 Å². The molecule has 0 radical (unpaired) electrons. The summed E-state index contributed by atoms with van der Waals surface area (Å²) in [5.74, 6) is -3.01. The number of carbonyl (C=O) groups is 1. The third-order valence-corrected chi connectivity index (χ3v) is 3.72. The van der Waals surface area contributed by atoms with Gasteiger partial charge in [-0.05, 0) is 36.8 Å². The molecule has 0 bridgehead atoms. The highest BCUT2D eigenvalue weighted by Crippen LogP contribution is 2.44. The molecule has 1 aliphatic rings. The first kappa shape index (κ1) is 12.7. The molecule has 0 aliphatic carbocycles. The zero-order chi connectivity index (χ0) is 14.5. The first-order chi connectivity index (χ1) is 9.44. The Morgan fingerprint density at radius 1 is 1.00 bits per heavy atom. The molecular formula is C15H10F3NO. The quantitative estimate of drug-likeness (QED) is 0.850. The molecule has 0 saturated carbocycles. The number of benzene rings is 2. The van der Waals surface area contributed by atoms with Crippen LogP contribution in [0.15, 0.2) is 36.4 Å². The Kier molecular flexibility index (Phi) is 2.61. The average Bonchev–Trinajstić information content (AvgIpc) is 2.68. The second-order valence-corrected chi connectivity index (χ2v) is 4.87.